The van der Waals surface area contributed by atoms with Crippen molar-refractivity contribution in [1.29, 1.82) is 0 Å². The molecule has 1 aliphatic rings. The van der Waals surface area contributed by atoms with Crippen LogP contribution in [-0.2, 0) is 30.4 Å². The lowest BCUT2D eigenvalue weighted by atomic mass is 9.88. The van der Waals surface area contributed by atoms with Gasteiger partial charge in [0, 0.05) is 11.3 Å². The van der Waals surface area contributed by atoms with E-state index in [1.54, 1.807) is 12.1 Å². The van der Waals surface area contributed by atoms with Crippen LogP contribution in [0.15, 0.2) is 72.8 Å². The summed E-state index contributed by atoms with van der Waals surface area (Å²) in [6, 6.07) is 19.0. The summed E-state index contributed by atoms with van der Waals surface area (Å²) in [4.78, 5) is 12.9. The van der Waals surface area contributed by atoms with E-state index in [0.717, 1.165) is 28.8 Å². The molecule has 0 unspecified atom stereocenters. The minimum Gasteiger partial charge on any atom is -0.457 e. The fourth-order valence-corrected chi connectivity index (χ4v) is 3.88. The summed E-state index contributed by atoms with van der Waals surface area (Å²) in [7, 11) is 0. The van der Waals surface area contributed by atoms with E-state index in [0.29, 0.717) is 23.5 Å². The predicted octanol–water partition coefficient (Wildman–Crippen LogP) is 6.26. The zero-order valence-corrected chi connectivity index (χ0v) is 18.2. The first-order valence-corrected chi connectivity index (χ1v) is 10.7. The van der Waals surface area contributed by atoms with Gasteiger partial charge in [0.2, 0.25) is 0 Å². The minimum atomic E-state index is -4.45. The number of carbonyl (C=O) groups excluding carboxylic acids is 1. The highest BCUT2D eigenvalue weighted by atomic mass is 32.1. The zero-order chi connectivity index (χ0) is 23.4. The summed E-state index contributed by atoms with van der Waals surface area (Å²) in [6.07, 6.45) is -4.07. The number of fused-ring (bicyclic) bond motifs is 1. The molecular formula is C25H20F3NO3S. The normalized spacial score (nSPS) is 15.5. The van der Waals surface area contributed by atoms with Gasteiger partial charge in [-0.3, -0.25) is 0 Å². The molecule has 1 N–H and O–H groups in total. The van der Waals surface area contributed by atoms with Crippen LogP contribution in [-0.4, -0.2) is 17.0 Å². The molecule has 1 aliphatic carbocycles. The van der Waals surface area contributed by atoms with Crippen LogP contribution < -0.4 is 10.1 Å². The van der Waals surface area contributed by atoms with E-state index in [-0.39, 0.29) is 18.4 Å². The Hall–Kier alpha value is -3.39. The van der Waals surface area contributed by atoms with Gasteiger partial charge in [-0.1, -0.05) is 54.7 Å². The molecule has 0 bridgehead atoms. The fourth-order valence-electron chi connectivity index (χ4n) is 3.58. The van der Waals surface area contributed by atoms with Gasteiger partial charge in [-0.05, 0) is 53.4 Å². The molecule has 1 amide bonds. The van der Waals surface area contributed by atoms with E-state index in [4.69, 9.17) is 21.7 Å². The van der Waals surface area contributed by atoms with Gasteiger partial charge in [0.1, 0.15) is 18.1 Å². The van der Waals surface area contributed by atoms with Crippen molar-refractivity contribution < 1.29 is 27.4 Å². The van der Waals surface area contributed by atoms with E-state index in [2.05, 4.69) is 5.32 Å². The zero-order valence-electron chi connectivity index (χ0n) is 17.4. The Kier molecular flexibility index (Phi) is 6.65. The molecule has 33 heavy (non-hydrogen) atoms. The highest BCUT2D eigenvalue weighted by Crippen LogP contribution is 2.33. The van der Waals surface area contributed by atoms with Gasteiger partial charge in [-0.25, -0.2) is 4.79 Å². The van der Waals surface area contributed by atoms with Crippen molar-refractivity contribution in [3.63, 3.8) is 0 Å². The van der Waals surface area contributed by atoms with Crippen molar-refractivity contribution in [1.82, 2.24) is 5.32 Å². The topological polar surface area (TPSA) is 47.6 Å². The Bertz CT molecular complexity index is 1170. The van der Waals surface area contributed by atoms with Crippen LogP contribution in [0.2, 0.25) is 0 Å². The molecule has 0 fully saturated rings. The van der Waals surface area contributed by atoms with Crippen LogP contribution in [0.5, 0.6) is 11.5 Å². The summed E-state index contributed by atoms with van der Waals surface area (Å²) in [5, 5.41) is 2.80. The van der Waals surface area contributed by atoms with Gasteiger partial charge in [-0.15, -0.1) is 0 Å². The van der Waals surface area contributed by atoms with Crippen LogP contribution in [0.3, 0.4) is 0 Å². The Morgan fingerprint density at radius 3 is 2.48 bits per heavy atom. The number of hydrogen-bond acceptors (Lipinski definition) is 4. The lowest BCUT2D eigenvalue weighted by Gasteiger charge is -2.26. The van der Waals surface area contributed by atoms with Crippen molar-refractivity contribution in [2.45, 2.75) is 31.7 Å². The first-order chi connectivity index (χ1) is 15.8. The second-order valence-electron chi connectivity index (χ2n) is 7.66. The Labute approximate surface area is 194 Å². The molecule has 3 aromatic rings. The maximum absolute atomic E-state index is 13.0. The van der Waals surface area contributed by atoms with Crippen LogP contribution >= 0.6 is 12.2 Å². The third kappa shape index (κ3) is 5.90. The molecule has 4 rings (SSSR count). The molecule has 0 saturated heterocycles. The summed E-state index contributed by atoms with van der Waals surface area (Å²) < 4.78 is 49.8. The first-order valence-electron chi connectivity index (χ1n) is 10.2. The summed E-state index contributed by atoms with van der Waals surface area (Å²) in [6.45, 7) is 0.151. The molecule has 0 aliphatic heterocycles. The van der Waals surface area contributed by atoms with Gasteiger partial charge in [0.15, 0.2) is 0 Å². The van der Waals surface area contributed by atoms with Crippen LogP contribution in [0.1, 0.15) is 22.3 Å². The molecule has 170 valence electrons. The Morgan fingerprint density at radius 2 is 1.73 bits per heavy atom. The molecule has 0 saturated carbocycles. The number of alkyl carbamates (subject to hydrolysis) is 1. The first kappa shape index (κ1) is 22.8. The number of halogens is 3. The molecule has 0 heterocycles. The summed E-state index contributed by atoms with van der Waals surface area (Å²) in [5.74, 6) is 0.501. The lowest BCUT2D eigenvalue weighted by molar-refractivity contribution is -0.137. The van der Waals surface area contributed by atoms with Gasteiger partial charge in [0.25, 0.3) is 0 Å². The molecule has 0 radical (unpaired) electrons. The molecule has 0 aromatic heterocycles. The average molecular weight is 472 g/mol. The number of hydrogen-bond donors (Lipinski definition) is 1. The third-order valence-corrected chi connectivity index (χ3v) is 5.69. The maximum Gasteiger partial charge on any atom is 0.416 e. The smallest absolute Gasteiger partial charge is 0.416 e. The number of carbonyl (C=O) groups is 1. The number of ether oxygens (including phenoxy) is 2. The van der Waals surface area contributed by atoms with Crippen LogP contribution in [0, 0.1) is 0 Å². The van der Waals surface area contributed by atoms with Gasteiger partial charge >= 0.3 is 12.3 Å². The maximum atomic E-state index is 13.0. The van der Waals surface area contributed by atoms with Crippen molar-refractivity contribution in [3.05, 3.63) is 95.1 Å². The Morgan fingerprint density at radius 1 is 0.970 bits per heavy atom. The van der Waals surface area contributed by atoms with E-state index in [9.17, 15) is 18.0 Å². The van der Waals surface area contributed by atoms with E-state index in [1.165, 1.54) is 12.1 Å². The lowest BCUT2D eigenvalue weighted by Crippen LogP contribution is -2.44. The number of alkyl halides is 3. The largest absolute Gasteiger partial charge is 0.457 e. The molecular weight excluding hydrogens is 451 g/mol. The second kappa shape index (κ2) is 9.62. The van der Waals surface area contributed by atoms with E-state index >= 15 is 0 Å². The summed E-state index contributed by atoms with van der Waals surface area (Å²) >= 11 is 5.48. The number of benzene rings is 3. The Balaban J connectivity index is 1.41. The molecule has 1 atom stereocenters. The van der Waals surface area contributed by atoms with Crippen LogP contribution in [0.4, 0.5) is 18.0 Å². The van der Waals surface area contributed by atoms with E-state index in [1.807, 2.05) is 36.4 Å². The highest BCUT2D eigenvalue weighted by Gasteiger charge is 2.31. The summed E-state index contributed by atoms with van der Waals surface area (Å²) in [5.41, 5.74) is 2.00. The molecule has 0 spiro atoms. The van der Waals surface area contributed by atoms with Crippen molar-refractivity contribution in [2.24, 2.45) is 0 Å². The minimum absolute atomic E-state index is 0.0928. The molecule has 3 aromatic carbocycles. The number of rotatable bonds is 5. The predicted molar refractivity (Wildman–Crippen MR) is 122 cm³/mol. The monoisotopic (exact) mass is 471 g/mol. The number of thiocarbonyl (C=S) groups is 1. The van der Waals surface area contributed by atoms with Crippen LogP contribution in [0.25, 0.3) is 0 Å². The SMILES string of the molecule is O=C(N[C@H]1Cc2cc(Oc3cccc(C(F)(F)F)c3)ccc2CC1=S)OCc1ccccc1. The van der Waals surface area contributed by atoms with Crippen molar-refractivity contribution in [3.8, 4) is 11.5 Å². The fraction of sp³-hybridized carbons (Fsp3) is 0.200. The van der Waals surface area contributed by atoms with E-state index < -0.39 is 17.8 Å². The van der Waals surface area contributed by atoms with Gasteiger partial charge in [-0.2, -0.15) is 13.2 Å². The second-order valence-corrected chi connectivity index (χ2v) is 8.19. The third-order valence-electron chi connectivity index (χ3n) is 5.26. The highest BCUT2D eigenvalue weighted by molar-refractivity contribution is 7.80. The quantitative estimate of drug-likeness (QED) is 0.446. The van der Waals surface area contributed by atoms with Crippen molar-refractivity contribution in [2.75, 3.05) is 0 Å². The standard InChI is InChI=1S/C25H20F3NO3S/c26-25(27,28)19-7-4-8-20(14-19)32-21-10-9-17-13-23(33)22(12-18(17)11-21)29-24(30)31-15-16-5-2-1-3-6-16/h1-11,14,22H,12-13,15H2,(H,29,30)/t22-/m0/s1. The van der Waals surface area contributed by atoms with Crippen molar-refractivity contribution >= 4 is 23.2 Å². The average Bonchev–Trinajstić information content (AvgIpc) is 2.79. The molecule has 4 nitrogen and oxygen atoms in total. The number of nitrogens with one attached hydrogen (secondary N) is 1. The van der Waals surface area contributed by atoms with Gasteiger partial charge < -0.3 is 14.8 Å². The van der Waals surface area contributed by atoms with Gasteiger partial charge in [0.05, 0.1) is 11.6 Å². The number of amides is 1. The molecule has 8 heteroatoms.